The fourth-order valence-electron chi connectivity index (χ4n) is 2.91. The summed E-state index contributed by atoms with van der Waals surface area (Å²) < 4.78 is 6.52. The Kier molecular flexibility index (Phi) is 6.18. The number of halogens is 1. The molecule has 2 aromatic carbocycles. The molecule has 1 aliphatic rings. The number of hydrogen-bond acceptors (Lipinski definition) is 5. The van der Waals surface area contributed by atoms with E-state index in [9.17, 15) is 14.9 Å². The van der Waals surface area contributed by atoms with Crippen LogP contribution in [0.3, 0.4) is 0 Å². The molecule has 7 nitrogen and oxygen atoms in total. The number of nitro benzene ring substituents is 1. The first-order valence-corrected chi connectivity index (χ1v) is 9.33. The SMILES string of the molecule is O=C(COc1ccc2c(c1Br)CCCC2)N/N=C\c1ccc([N+](=O)[O-])cc1. The van der Waals surface area contributed by atoms with Crippen molar-refractivity contribution in [3.63, 3.8) is 0 Å². The van der Waals surface area contributed by atoms with E-state index in [4.69, 9.17) is 4.74 Å². The molecule has 0 aliphatic heterocycles. The average Bonchev–Trinajstić information content (AvgIpc) is 2.68. The van der Waals surface area contributed by atoms with Crippen LogP contribution in [0.15, 0.2) is 46.0 Å². The van der Waals surface area contributed by atoms with Crippen molar-refractivity contribution in [2.75, 3.05) is 6.61 Å². The number of hydrogen-bond donors (Lipinski definition) is 1. The Morgan fingerprint density at radius 1 is 1.22 bits per heavy atom. The topological polar surface area (TPSA) is 93.8 Å². The van der Waals surface area contributed by atoms with Crippen LogP contribution < -0.4 is 10.2 Å². The van der Waals surface area contributed by atoms with Crippen molar-refractivity contribution in [3.05, 3.63) is 67.7 Å². The molecule has 140 valence electrons. The maximum atomic E-state index is 11.9. The Morgan fingerprint density at radius 3 is 2.70 bits per heavy atom. The van der Waals surface area contributed by atoms with Crippen molar-refractivity contribution in [1.29, 1.82) is 0 Å². The van der Waals surface area contributed by atoms with E-state index in [1.54, 1.807) is 12.1 Å². The molecule has 1 N–H and O–H groups in total. The Bertz CT molecular complexity index is 881. The number of hydrazone groups is 1. The van der Waals surface area contributed by atoms with Gasteiger partial charge in [0.05, 0.1) is 15.6 Å². The van der Waals surface area contributed by atoms with Crippen molar-refractivity contribution >= 4 is 33.7 Å². The van der Waals surface area contributed by atoms with E-state index >= 15 is 0 Å². The third kappa shape index (κ3) is 4.91. The van der Waals surface area contributed by atoms with Crippen molar-refractivity contribution in [2.45, 2.75) is 25.7 Å². The van der Waals surface area contributed by atoms with Crippen molar-refractivity contribution in [3.8, 4) is 5.75 Å². The number of nitro groups is 1. The minimum Gasteiger partial charge on any atom is -0.483 e. The number of non-ortho nitro benzene ring substituents is 1. The van der Waals surface area contributed by atoms with Gasteiger partial charge in [0.1, 0.15) is 5.75 Å². The number of carbonyl (C=O) groups excluding carboxylic acids is 1. The molecular formula is C19H18BrN3O4. The molecule has 0 unspecified atom stereocenters. The Morgan fingerprint density at radius 2 is 1.96 bits per heavy atom. The molecule has 0 saturated heterocycles. The molecule has 0 bridgehead atoms. The molecule has 0 spiro atoms. The minimum atomic E-state index is -0.473. The molecule has 0 fully saturated rings. The lowest BCUT2D eigenvalue weighted by Gasteiger charge is -2.19. The lowest BCUT2D eigenvalue weighted by Crippen LogP contribution is -2.24. The maximum absolute atomic E-state index is 11.9. The van der Waals surface area contributed by atoms with Crippen LogP contribution in [0.5, 0.6) is 5.75 Å². The predicted molar refractivity (Wildman–Crippen MR) is 105 cm³/mol. The summed E-state index contributed by atoms with van der Waals surface area (Å²) in [7, 11) is 0. The molecule has 8 heteroatoms. The number of nitrogens with zero attached hydrogens (tertiary/aromatic N) is 2. The normalized spacial score (nSPS) is 13.2. The highest BCUT2D eigenvalue weighted by Crippen LogP contribution is 2.35. The summed E-state index contributed by atoms with van der Waals surface area (Å²) in [6.07, 6.45) is 5.86. The predicted octanol–water partition coefficient (Wildman–Crippen LogP) is 3.77. The van der Waals surface area contributed by atoms with Gasteiger partial charge < -0.3 is 4.74 Å². The number of carbonyl (C=O) groups is 1. The van der Waals surface area contributed by atoms with Crippen molar-refractivity contribution in [2.24, 2.45) is 5.10 Å². The van der Waals surface area contributed by atoms with Gasteiger partial charge in [0, 0.05) is 12.1 Å². The fourth-order valence-corrected chi connectivity index (χ4v) is 3.61. The van der Waals surface area contributed by atoms with Gasteiger partial charge in [-0.2, -0.15) is 5.10 Å². The Labute approximate surface area is 164 Å². The third-order valence-electron chi connectivity index (χ3n) is 4.29. The first-order chi connectivity index (χ1) is 13.0. The molecule has 1 aliphatic carbocycles. The number of aryl methyl sites for hydroxylation is 1. The monoisotopic (exact) mass is 431 g/mol. The Balaban J connectivity index is 1.52. The van der Waals surface area contributed by atoms with Crippen molar-refractivity contribution < 1.29 is 14.5 Å². The molecule has 0 heterocycles. The van der Waals surface area contributed by atoms with E-state index in [0.29, 0.717) is 11.3 Å². The van der Waals surface area contributed by atoms with Gasteiger partial charge in [-0.05, 0) is 76.5 Å². The zero-order valence-corrected chi connectivity index (χ0v) is 16.1. The van der Waals surface area contributed by atoms with Crippen LogP contribution >= 0.6 is 15.9 Å². The second-order valence-corrected chi connectivity index (χ2v) is 6.95. The molecular weight excluding hydrogens is 414 g/mol. The number of amides is 1. The van der Waals surface area contributed by atoms with Gasteiger partial charge in [-0.1, -0.05) is 6.07 Å². The molecule has 0 saturated carbocycles. The number of fused-ring (bicyclic) bond motifs is 1. The highest BCUT2D eigenvalue weighted by Gasteiger charge is 2.16. The zero-order valence-electron chi connectivity index (χ0n) is 14.5. The molecule has 0 radical (unpaired) electrons. The first-order valence-electron chi connectivity index (χ1n) is 8.54. The average molecular weight is 432 g/mol. The summed E-state index contributed by atoms with van der Waals surface area (Å²) in [5.74, 6) is 0.253. The third-order valence-corrected chi connectivity index (χ3v) is 5.16. The second-order valence-electron chi connectivity index (χ2n) is 6.15. The number of rotatable bonds is 6. The highest BCUT2D eigenvalue weighted by atomic mass is 79.9. The lowest BCUT2D eigenvalue weighted by atomic mass is 9.92. The van der Waals surface area contributed by atoms with Gasteiger partial charge in [0.25, 0.3) is 11.6 Å². The largest absolute Gasteiger partial charge is 0.483 e. The minimum absolute atomic E-state index is 0.000196. The fraction of sp³-hybridized carbons (Fsp3) is 0.263. The first kappa shape index (κ1) is 19.0. The number of benzene rings is 2. The maximum Gasteiger partial charge on any atom is 0.277 e. The van der Waals surface area contributed by atoms with E-state index in [1.807, 2.05) is 6.07 Å². The van der Waals surface area contributed by atoms with E-state index < -0.39 is 10.8 Å². The van der Waals surface area contributed by atoms with Crippen LogP contribution in [0.1, 0.15) is 29.5 Å². The van der Waals surface area contributed by atoms with Crippen LogP contribution in [-0.2, 0) is 17.6 Å². The van der Waals surface area contributed by atoms with Gasteiger partial charge in [-0.15, -0.1) is 0 Å². The van der Waals surface area contributed by atoms with Crippen LogP contribution in [0.4, 0.5) is 5.69 Å². The molecule has 0 atom stereocenters. The van der Waals surface area contributed by atoms with Crippen LogP contribution in [0, 0.1) is 10.1 Å². The lowest BCUT2D eigenvalue weighted by molar-refractivity contribution is -0.384. The van der Waals surface area contributed by atoms with Gasteiger partial charge in [-0.3, -0.25) is 14.9 Å². The summed E-state index contributed by atoms with van der Waals surface area (Å²) in [6.45, 7) is -0.158. The van der Waals surface area contributed by atoms with E-state index in [1.165, 1.54) is 35.9 Å². The van der Waals surface area contributed by atoms with Gasteiger partial charge in [0.2, 0.25) is 0 Å². The summed E-state index contributed by atoms with van der Waals surface area (Å²) in [4.78, 5) is 22.0. The van der Waals surface area contributed by atoms with Gasteiger partial charge >= 0.3 is 0 Å². The summed E-state index contributed by atoms with van der Waals surface area (Å²) >= 11 is 3.58. The smallest absolute Gasteiger partial charge is 0.277 e. The summed E-state index contributed by atoms with van der Waals surface area (Å²) in [6, 6.07) is 9.78. The van der Waals surface area contributed by atoms with E-state index in [0.717, 1.165) is 23.7 Å². The molecule has 2 aromatic rings. The van der Waals surface area contributed by atoms with Gasteiger partial charge in [0.15, 0.2) is 6.61 Å². The van der Waals surface area contributed by atoms with Crippen LogP contribution in [0.25, 0.3) is 0 Å². The number of nitrogens with one attached hydrogen (secondary N) is 1. The molecule has 1 amide bonds. The quantitative estimate of drug-likeness (QED) is 0.427. The van der Waals surface area contributed by atoms with Crippen LogP contribution in [0.2, 0.25) is 0 Å². The molecule has 3 rings (SSSR count). The highest BCUT2D eigenvalue weighted by molar-refractivity contribution is 9.10. The summed E-state index contributed by atoms with van der Waals surface area (Å²) in [5, 5.41) is 14.4. The summed E-state index contributed by atoms with van der Waals surface area (Å²) in [5.41, 5.74) is 5.61. The molecule has 27 heavy (non-hydrogen) atoms. The Hall–Kier alpha value is -2.74. The number of ether oxygens (including phenoxy) is 1. The molecule has 0 aromatic heterocycles. The zero-order chi connectivity index (χ0) is 19.2. The van der Waals surface area contributed by atoms with E-state index in [2.05, 4.69) is 32.5 Å². The van der Waals surface area contributed by atoms with Crippen LogP contribution in [-0.4, -0.2) is 23.7 Å². The van der Waals surface area contributed by atoms with Crippen molar-refractivity contribution in [1.82, 2.24) is 5.43 Å². The van der Waals surface area contributed by atoms with E-state index in [-0.39, 0.29) is 12.3 Å². The van der Waals surface area contributed by atoms with Gasteiger partial charge in [-0.25, -0.2) is 5.43 Å². The standard InChI is InChI=1S/C19H18BrN3O4/c20-19-16-4-2-1-3-14(16)7-10-17(19)27-12-18(24)22-21-11-13-5-8-15(9-6-13)23(25)26/h5-11H,1-4,12H2,(H,22,24)/b21-11-. The second kappa shape index (κ2) is 8.77.